The minimum atomic E-state index is 0.375. The van der Waals surface area contributed by atoms with Crippen LogP contribution in [0.15, 0.2) is 42.6 Å². The van der Waals surface area contributed by atoms with Gasteiger partial charge in [0.1, 0.15) is 0 Å². The van der Waals surface area contributed by atoms with Crippen molar-refractivity contribution < 1.29 is 0 Å². The molecule has 2 aromatic carbocycles. The van der Waals surface area contributed by atoms with Crippen molar-refractivity contribution >= 4 is 46.3 Å². The van der Waals surface area contributed by atoms with Gasteiger partial charge in [-0.05, 0) is 49.2 Å². The van der Waals surface area contributed by atoms with Crippen LogP contribution in [0.5, 0.6) is 0 Å². The Bertz CT molecular complexity index is 883. The van der Waals surface area contributed by atoms with E-state index in [0.717, 1.165) is 22.5 Å². The Hall–Kier alpha value is -2.37. The summed E-state index contributed by atoms with van der Waals surface area (Å²) >= 11 is 12.2. The molecule has 5 nitrogen and oxygen atoms in total. The van der Waals surface area contributed by atoms with Gasteiger partial charge in [-0.1, -0.05) is 35.3 Å². The third-order valence-electron chi connectivity index (χ3n) is 3.45. The van der Waals surface area contributed by atoms with Crippen molar-refractivity contribution in [1.29, 1.82) is 0 Å². The van der Waals surface area contributed by atoms with E-state index in [1.165, 1.54) is 0 Å². The summed E-state index contributed by atoms with van der Waals surface area (Å²) in [5, 5.41) is 15.6. The van der Waals surface area contributed by atoms with Crippen LogP contribution < -0.4 is 10.6 Å². The second kappa shape index (κ2) is 7.03. The Morgan fingerprint density at radius 1 is 0.917 bits per heavy atom. The van der Waals surface area contributed by atoms with E-state index in [9.17, 15) is 0 Å². The summed E-state index contributed by atoms with van der Waals surface area (Å²) in [7, 11) is 0. The molecule has 0 aliphatic carbocycles. The average molecular weight is 360 g/mol. The summed E-state index contributed by atoms with van der Waals surface area (Å²) in [4.78, 5) is 4.40. The maximum absolute atomic E-state index is 6.13. The first-order valence-electron chi connectivity index (χ1n) is 7.27. The van der Waals surface area contributed by atoms with Crippen LogP contribution in [0.1, 0.15) is 11.1 Å². The zero-order chi connectivity index (χ0) is 17.1. The van der Waals surface area contributed by atoms with E-state index in [4.69, 9.17) is 23.2 Å². The van der Waals surface area contributed by atoms with E-state index >= 15 is 0 Å². The van der Waals surface area contributed by atoms with Crippen LogP contribution in [0.2, 0.25) is 10.0 Å². The molecule has 122 valence electrons. The van der Waals surface area contributed by atoms with Crippen molar-refractivity contribution in [3.8, 4) is 0 Å². The van der Waals surface area contributed by atoms with Crippen molar-refractivity contribution in [2.24, 2.45) is 0 Å². The number of halogens is 2. The zero-order valence-electron chi connectivity index (χ0n) is 13.1. The van der Waals surface area contributed by atoms with Gasteiger partial charge in [0.2, 0.25) is 5.95 Å². The first-order valence-corrected chi connectivity index (χ1v) is 8.03. The molecule has 0 saturated heterocycles. The van der Waals surface area contributed by atoms with Crippen LogP contribution in [0.4, 0.5) is 23.1 Å². The standard InChI is InChI=1S/C17H15Cl2N5/c1-10-4-6-13(8-14(10)19)21-17-23-16(9-20-24-17)22-15-7-12(18)5-3-11(15)2/h3-9H,1-2H3,(H2,21,22,23,24). The molecule has 2 N–H and O–H groups in total. The molecule has 0 aliphatic heterocycles. The molecule has 0 spiro atoms. The Morgan fingerprint density at radius 2 is 1.71 bits per heavy atom. The SMILES string of the molecule is Cc1ccc(Nc2nncc(Nc3cc(Cl)ccc3C)n2)cc1Cl. The van der Waals surface area contributed by atoms with Crippen molar-refractivity contribution in [3.63, 3.8) is 0 Å². The van der Waals surface area contributed by atoms with Crippen molar-refractivity contribution in [1.82, 2.24) is 15.2 Å². The summed E-state index contributed by atoms with van der Waals surface area (Å²) in [6.07, 6.45) is 1.55. The molecule has 0 saturated carbocycles. The fourth-order valence-corrected chi connectivity index (χ4v) is 2.44. The Kier molecular flexibility index (Phi) is 4.83. The lowest BCUT2D eigenvalue weighted by molar-refractivity contribution is 0.982. The highest BCUT2D eigenvalue weighted by Gasteiger charge is 2.05. The monoisotopic (exact) mass is 359 g/mol. The lowest BCUT2D eigenvalue weighted by atomic mass is 10.2. The molecule has 0 atom stereocenters. The van der Waals surface area contributed by atoms with Gasteiger partial charge in [0.15, 0.2) is 5.82 Å². The lowest BCUT2D eigenvalue weighted by Crippen LogP contribution is -2.03. The molecule has 3 rings (SSSR count). The van der Waals surface area contributed by atoms with Gasteiger partial charge in [-0.25, -0.2) is 0 Å². The first kappa shape index (κ1) is 16.5. The quantitative estimate of drug-likeness (QED) is 0.663. The number of aryl methyl sites for hydroxylation is 2. The van der Waals surface area contributed by atoms with Gasteiger partial charge in [0, 0.05) is 21.4 Å². The van der Waals surface area contributed by atoms with Crippen molar-refractivity contribution in [2.45, 2.75) is 13.8 Å². The molecular weight excluding hydrogens is 345 g/mol. The Morgan fingerprint density at radius 3 is 2.50 bits per heavy atom. The number of hydrogen-bond donors (Lipinski definition) is 2. The summed E-state index contributed by atoms with van der Waals surface area (Å²) in [5.74, 6) is 0.940. The van der Waals surface area contributed by atoms with Gasteiger partial charge in [-0.2, -0.15) is 10.1 Å². The number of benzene rings is 2. The third-order valence-corrected chi connectivity index (χ3v) is 4.09. The highest BCUT2D eigenvalue weighted by Crippen LogP contribution is 2.24. The van der Waals surface area contributed by atoms with Crippen LogP contribution in [0, 0.1) is 13.8 Å². The summed E-state index contributed by atoms with van der Waals surface area (Å²) in [5.41, 5.74) is 3.72. The number of aromatic nitrogens is 3. The molecule has 0 fully saturated rings. The van der Waals surface area contributed by atoms with Crippen LogP contribution in [0.25, 0.3) is 0 Å². The normalized spacial score (nSPS) is 10.5. The van der Waals surface area contributed by atoms with E-state index in [1.54, 1.807) is 6.20 Å². The minimum Gasteiger partial charge on any atom is -0.339 e. The summed E-state index contributed by atoms with van der Waals surface area (Å²) in [6.45, 7) is 3.93. The smallest absolute Gasteiger partial charge is 0.249 e. The molecule has 0 bridgehead atoms. The van der Waals surface area contributed by atoms with E-state index in [-0.39, 0.29) is 0 Å². The second-order valence-corrected chi connectivity index (χ2v) is 6.18. The molecule has 0 aliphatic rings. The van der Waals surface area contributed by atoms with Gasteiger partial charge in [0.25, 0.3) is 0 Å². The van der Waals surface area contributed by atoms with Crippen LogP contribution in [0.3, 0.4) is 0 Å². The van der Waals surface area contributed by atoms with Crippen LogP contribution in [-0.4, -0.2) is 15.2 Å². The van der Waals surface area contributed by atoms with E-state index in [2.05, 4.69) is 25.8 Å². The zero-order valence-corrected chi connectivity index (χ0v) is 14.7. The van der Waals surface area contributed by atoms with Gasteiger partial charge in [0.05, 0.1) is 6.20 Å². The van der Waals surface area contributed by atoms with E-state index in [1.807, 2.05) is 50.2 Å². The van der Waals surface area contributed by atoms with Crippen LogP contribution in [-0.2, 0) is 0 Å². The average Bonchev–Trinajstić information content (AvgIpc) is 2.55. The van der Waals surface area contributed by atoms with E-state index in [0.29, 0.717) is 21.8 Å². The molecule has 24 heavy (non-hydrogen) atoms. The molecule has 0 radical (unpaired) electrons. The number of anilines is 4. The number of rotatable bonds is 4. The summed E-state index contributed by atoms with van der Waals surface area (Å²) < 4.78 is 0. The molecule has 0 unspecified atom stereocenters. The predicted molar refractivity (Wildman–Crippen MR) is 98.8 cm³/mol. The minimum absolute atomic E-state index is 0.375. The molecule has 0 amide bonds. The summed E-state index contributed by atoms with van der Waals surface area (Å²) in [6, 6.07) is 11.3. The second-order valence-electron chi connectivity index (χ2n) is 5.34. The van der Waals surface area contributed by atoms with Crippen molar-refractivity contribution in [3.05, 3.63) is 63.8 Å². The highest BCUT2D eigenvalue weighted by atomic mass is 35.5. The lowest BCUT2D eigenvalue weighted by Gasteiger charge is -2.10. The molecular formula is C17H15Cl2N5. The van der Waals surface area contributed by atoms with Gasteiger partial charge >= 0.3 is 0 Å². The molecule has 1 aromatic heterocycles. The molecule has 1 heterocycles. The maximum atomic E-state index is 6.13. The van der Waals surface area contributed by atoms with Gasteiger partial charge < -0.3 is 10.6 Å². The molecule has 7 heteroatoms. The topological polar surface area (TPSA) is 62.7 Å². The predicted octanol–water partition coefficient (Wildman–Crippen LogP) is 5.28. The third kappa shape index (κ3) is 3.93. The van der Waals surface area contributed by atoms with E-state index < -0.39 is 0 Å². The fraction of sp³-hybridized carbons (Fsp3) is 0.118. The van der Waals surface area contributed by atoms with Gasteiger partial charge in [-0.3, -0.25) is 0 Å². The first-order chi connectivity index (χ1) is 11.5. The Balaban J connectivity index is 1.81. The van der Waals surface area contributed by atoms with Crippen molar-refractivity contribution in [2.75, 3.05) is 10.6 Å². The number of nitrogens with zero attached hydrogens (tertiary/aromatic N) is 3. The largest absolute Gasteiger partial charge is 0.339 e. The Labute approximate surface area is 150 Å². The van der Waals surface area contributed by atoms with Crippen LogP contribution >= 0.6 is 23.2 Å². The number of nitrogens with one attached hydrogen (secondary N) is 2. The van der Waals surface area contributed by atoms with Gasteiger partial charge in [-0.15, -0.1) is 5.10 Å². The fourth-order valence-electron chi connectivity index (χ4n) is 2.08. The number of hydrogen-bond acceptors (Lipinski definition) is 5. The highest BCUT2D eigenvalue weighted by molar-refractivity contribution is 6.31. The molecule has 3 aromatic rings. The maximum Gasteiger partial charge on any atom is 0.249 e.